The average molecular weight is 453 g/mol. The summed E-state index contributed by atoms with van der Waals surface area (Å²) in [6.07, 6.45) is 1.77. The van der Waals surface area contributed by atoms with Crippen molar-refractivity contribution < 1.29 is 14.3 Å². The Hall–Kier alpha value is -3.26. The number of hydrogen-bond donors (Lipinski definition) is 1. The highest BCUT2D eigenvalue weighted by Crippen LogP contribution is 2.22. The maximum atomic E-state index is 12.4. The fourth-order valence-electron chi connectivity index (χ4n) is 2.98. The van der Waals surface area contributed by atoms with Gasteiger partial charge in [-0.25, -0.2) is 0 Å². The first-order chi connectivity index (χ1) is 15.5. The predicted octanol–water partition coefficient (Wildman–Crippen LogP) is 4.79. The zero-order valence-corrected chi connectivity index (χ0v) is 19.4. The highest BCUT2D eigenvalue weighted by molar-refractivity contribution is 7.99. The summed E-state index contributed by atoms with van der Waals surface area (Å²) in [7, 11) is 0. The molecule has 7 nitrogen and oxygen atoms in total. The van der Waals surface area contributed by atoms with E-state index >= 15 is 0 Å². The van der Waals surface area contributed by atoms with Gasteiger partial charge in [-0.3, -0.25) is 9.36 Å². The van der Waals surface area contributed by atoms with Crippen molar-refractivity contribution >= 4 is 23.4 Å². The van der Waals surface area contributed by atoms with Gasteiger partial charge in [-0.15, -0.1) is 16.8 Å². The highest BCUT2D eigenvalue weighted by Gasteiger charge is 2.15. The third kappa shape index (κ3) is 6.37. The summed E-state index contributed by atoms with van der Waals surface area (Å²) >= 11 is 1.32. The minimum absolute atomic E-state index is 0.125. The Balaban J connectivity index is 1.60. The van der Waals surface area contributed by atoms with Crippen molar-refractivity contribution in [1.29, 1.82) is 0 Å². The van der Waals surface area contributed by atoms with Gasteiger partial charge in [-0.2, -0.15) is 0 Å². The zero-order valence-electron chi connectivity index (χ0n) is 18.6. The van der Waals surface area contributed by atoms with E-state index in [1.807, 2.05) is 61.7 Å². The number of carbonyl (C=O) groups excluding carboxylic acids is 1. The standard InChI is InChI=1S/C24H28N4O3S/c1-5-13-28-22(15-31-21-14-17(3)7-8-18(21)4)26-27-24(28)32-16-23(29)25-19-9-11-20(12-10-19)30-6-2/h5,7-12,14H,1,6,13,15-16H2,2-4H3,(H,25,29). The van der Waals surface area contributed by atoms with Gasteiger partial charge in [-0.1, -0.05) is 30.0 Å². The number of allylic oxidation sites excluding steroid dienone is 1. The highest BCUT2D eigenvalue weighted by atomic mass is 32.2. The van der Waals surface area contributed by atoms with E-state index in [2.05, 4.69) is 28.2 Å². The van der Waals surface area contributed by atoms with Crippen LogP contribution in [-0.4, -0.2) is 33.0 Å². The molecule has 0 saturated heterocycles. The van der Waals surface area contributed by atoms with Crippen molar-refractivity contribution in [3.63, 3.8) is 0 Å². The van der Waals surface area contributed by atoms with E-state index in [1.165, 1.54) is 11.8 Å². The Morgan fingerprint density at radius 1 is 1.16 bits per heavy atom. The van der Waals surface area contributed by atoms with Crippen LogP contribution in [0.4, 0.5) is 5.69 Å². The number of anilines is 1. The molecule has 0 spiro atoms. The van der Waals surface area contributed by atoms with E-state index in [1.54, 1.807) is 6.08 Å². The van der Waals surface area contributed by atoms with E-state index in [4.69, 9.17) is 9.47 Å². The van der Waals surface area contributed by atoms with Crippen LogP contribution in [0, 0.1) is 13.8 Å². The molecule has 0 aliphatic carbocycles. The first kappa shape index (κ1) is 23.4. The topological polar surface area (TPSA) is 78.3 Å². The van der Waals surface area contributed by atoms with Crippen LogP contribution in [-0.2, 0) is 17.9 Å². The first-order valence-electron chi connectivity index (χ1n) is 10.4. The second kappa shape index (κ2) is 11.4. The molecule has 1 amide bonds. The monoisotopic (exact) mass is 452 g/mol. The number of nitrogens with zero attached hydrogens (tertiary/aromatic N) is 3. The van der Waals surface area contributed by atoms with Gasteiger partial charge in [0.05, 0.1) is 12.4 Å². The molecule has 0 atom stereocenters. The lowest BCUT2D eigenvalue weighted by Crippen LogP contribution is -2.15. The molecule has 0 fully saturated rings. The number of nitrogens with one attached hydrogen (secondary N) is 1. The fourth-order valence-corrected chi connectivity index (χ4v) is 3.75. The molecule has 1 aromatic heterocycles. The fraction of sp³-hybridized carbons (Fsp3) is 0.292. The molecule has 2 aromatic carbocycles. The third-order valence-electron chi connectivity index (χ3n) is 4.59. The van der Waals surface area contributed by atoms with Crippen molar-refractivity contribution in [1.82, 2.24) is 14.8 Å². The van der Waals surface area contributed by atoms with Crippen LogP contribution in [0.3, 0.4) is 0 Å². The lowest BCUT2D eigenvalue weighted by molar-refractivity contribution is -0.113. The molecule has 3 aromatic rings. The maximum Gasteiger partial charge on any atom is 0.234 e. The van der Waals surface area contributed by atoms with E-state index in [9.17, 15) is 4.79 Å². The second-order valence-corrected chi connectivity index (χ2v) is 8.09. The number of hydrogen-bond acceptors (Lipinski definition) is 6. The summed E-state index contributed by atoms with van der Waals surface area (Å²) in [5, 5.41) is 12.0. The summed E-state index contributed by atoms with van der Waals surface area (Å²) in [6, 6.07) is 13.4. The molecule has 0 aliphatic heterocycles. The van der Waals surface area contributed by atoms with Crippen molar-refractivity contribution in [3.05, 3.63) is 72.1 Å². The van der Waals surface area contributed by atoms with Crippen molar-refractivity contribution in [2.24, 2.45) is 0 Å². The van der Waals surface area contributed by atoms with E-state index < -0.39 is 0 Å². The van der Waals surface area contributed by atoms with Crippen molar-refractivity contribution in [2.75, 3.05) is 17.7 Å². The molecule has 8 heteroatoms. The van der Waals surface area contributed by atoms with Gasteiger partial charge < -0.3 is 14.8 Å². The van der Waals surface area contributed by atoms with Gasteiger partial charge in [0, 0.05) is 12.2 Å². The van der Waals surface area contributed by atoms with Crippen LogP contribution in [0.15, 0.2) is 60.3 Å². The Kier molecular flexibility index (Phi) is 8.33. The molecular weight excluding hydrogens is 424 g/mol. The lowest BCUT2D eigenvalue weighted by atomic mass is 10.1. The second-order valence-electron chi connectivity index (χ2n) is 7.15. The number of aryl methyl sites for hydroxylation is 2. The molecule has 32 heavy (non-hydrogen) atoms. The summed E-state index contributed by atoms with van der Waals surface area (Å²) < 4.78 is 13.3. The quantitative estimate of drug-likeness (QED) is 0.333. The van der Waals surface area contributed by atoms with Gasteiger partial charge in [-0.05, 0) is 62.2 Å². The van der Waals surface area contributed by atoms with E-state index in [0.29, 0.717) is 29.8 Å². The Morgan fingerprint density at radius 3 is 2.66 bits per heavy atom. The minimum atomic E-state index is -0.125. The van der Waals surface area contributed by atoms with Crippen LogP contribution in [0.1, 0.15) is 23.9 Å². The number of carbonyl (C=O) groups is 1. The van der Waals surface area contributed by atoms with Crippen LogP contribution < -0.4 is 14.8 Å². The van der Waals surface area contributed by atoms with Gasteiger partial charge in [0.25, 0.3) is 0 Å². The van der Waals surface area contributed by atoms with Gasteiger partial charge in [0.1, 0.15) is 18.1 Å². The zero-order chi connectivity index (χ0) is 22.9. The van der Waals surface area contributed by atoms with Crippen molar-refractivity contribution in [3.8, 4) is 11.5 Å². The predicted molar refractivity (Wildman–Crippen MR) is 127 cm³/mol. The van der Waals surface area contributed by atoms with Gasteiger partial charge >= 0.3 is 0 Å². The molecular formula is C24H28N4O3S. The smallest absolute Gasteiger partial charge is 0.234 e. The minimum Gasteiger partial charge on any atom is -0.494 e. The Bertz CT molecular complexity index is 1060. The summed E-state index contributed by atoms with van der Waals surface area (Å²) in [5.41, 5.74) is 2.91. The number of aromatic nitrogens is 3. The number of rotatable bonds is 11. The molecule has 1 heterocycles. The van der Waals surface area contributed by atoms with Crippen LogP contribution in [0.5, 0.6) is 11.5 Å². The first-order valence-corrected chi connectivity index (χ1v) is 11.4. The van der Waals surface area contributed by atoms with E-state index in [-0.39, 0.29) is 18.3 Å². The van der Waals surface area contributed by atoms with Crippen LogP contribution >= 0.6 is 11.8 Å². The van der Waals surface area contributed by atoms with Gasteiger partial charge in [0.15, 0.2) is 11.0 Å². The molecule has 168 valence electrons. The Labute approximate surface area is 192 Å². The number of benzene rings is 2. The normalized spacial score (nSPS) is 10.6. The third-order valence-corrected chi connectivity index (χ3v) is 5.55. The molecule has 3 rings (SSSR count). The maximum absolute atomic E-state index is 12.4. The molecule has 0 aliphatic rings. The van der Waals surface area contributed by atoms with Gasteiger partial charge in [0.2, 0.25) is 5.91 Å². The van der Waals surface area contributed by atoms with Crippen molar-refractivity contribution in [2.45, 2.75) is 39.1 Å². The molecule has 0 unspecified atom stereocenters. The summed E-state index contributed by atoms with van der Waals surface area (Å²) in [4.78, 5) is 12.4. The average Bonchev–Trinajstić information content (AvgIpc) is 3.16. The SMILES string of the molecule is C=CCn1c(COc2cc(C)ccc2C)nnc1SCC(=O)Nc1ccc(OCC)cc1. The number of ether oxygens (including phenoxy) is 2. The molecule has 1 N–H and O–H groups in total. The largest absolute Gasteiger partial charge is 0.494 e. The summed E-state index contributed by atoms with van der Waals surface area (Å²) in [5.74, 6) is 2.36. The molecule has 0 saturated carbocycles. The number of thioether (sulfide) groups is 1. The van der Waals surface area contributed by atoms with Crippen LogP contribution in [0.2, 0.25) is 0 Å². The summed E-state index contributed by atoms with van der Waals surface area (Å²) in [6.45, 7) is 11.2. The molecule has 0 radical (unpaired) electrons. The van der Waals surface area contributed by atoms with E-state index in [0.717, 1.165) is 22.6 Å². The lowest BCUT2D eigenvalue weighted by Gasteiger charge is -2.11. The number of amides is 1. The van der Waals surface area contributed by atoms with Crippen LogP contribution in [0.25, 0.3) is 0 Å². The Morgan fingerprint density at radius 2 is 1.94 bits per heavy atom. The molecule has 0 bridgehead atoms.